The number of rotatable bonds is 8. The predicted octanol–water partition coefficient (Wildman–Crippen LogP) is 0.769. The first kappa shape index (κ1) is 19.2. The number of para-hydroxylation sites is 1. The van der Waals surface area contributed by atoms with Crippen LogP contribution in [0, 0.1) is 0 Å². The van der Waals surface area contributed by atoms with E-state index in [2.05, 4.69) is 20.6 Å². The number of nitrogens with one attached hydrogen (secondary N) is 2. The maximum Gasteiger partial charge on any atom is 0.237 e. The molecule has 1 aromatic carbocycles. The van der Waals surface area contributed by atoms with Gasteiger partial charge in [-0.05, 0) is 44.4 Å². The zero-order valence-electron chi connectivity index (χ0n) is 15.0. The molecule has 8 nitrogen and oxygen atoms in total. The topological polar surface area (TPSA) is 135 Å². The smallest absolute Gasteiger partial charge is 0.237 e. The summed E-state index contributed by atoms with van der Waals surface area (Å²) >= 11 is 1.34. The van der Waals surface area contributed by atoms with Gasteiger partial charge in [0.1, 0.15) is 0 Å². The number of carbonyl (C=O) groups is 2. The second kappa shape index (κ2) is 8.92. The summed E-state index contributed by atoms with van der Waals surface area (Å²) in [5.41, 5.74) is 11.5. The molecule has 2 aromatic rings. The fourth-order valence-corrected chi connectivity index (χ4v) is 4.04. The first-order valence-electron chi connectivity index (χ1n) is 9.03. The van der Waals surface area contributed by atoms with E-state index in [4.69, 9.17) is 11.5 Å². The van der Waals surface area contributed by atoms with Crippen molar-refractivity contribution >= 4 is 39.2 Å². The number of hydrogen-bond donors (Lipinski definition) is 4. The van der Waals surface area contributed by atoms with Gasteiger partial charge in [-0.1, -0.05) is 12.1 Å². The molecule has 1 amide bonds. The Morgan fingerprint density at radius 3 is 2.89 bits per heavy atom. The van der Waals surface area contributed by atoms with Crippen molar-refractivity contribution in [2.24, 2.45) is 16.5 Å². The fraction of sp³-hybridized carbons (Fsp3) is 0.444. The van der Waals surface area contributed by atoms with Gasteiger partial charge in [0.15, 0.2) is 11.0 Å². The summed E-state index contributed by atoms with van der Waals surface area (Å²) in [5.74, 6) is -0.302. The third kappa shape index (κ3) is 5.01. The van der Waals surface area contributed by atoms with Crippen molar-refractivity contribution in [1.29, 1.82) is 0 Å². The lowest BCUT2D eigenvalue weighted by molar-refractivity contribution is -0.123. The van der Waals surface area contributed by atoms with E-state index in [0.717, 1.165) is 29.6 Å². The maximum atomic E-state index is 13.0. The molecular weight excluding hydrogens is 364 g/mol. The van der Waals surface area contributed by atoms with Crippen LogP contribution in [0.15, 0.2) is 29.3 Å². The van der Waals surface area contributed by atoms with Crippen LogP contribution in [0.1, 0.15) is 35.5 Å². The molecule has 1 fully saturated rings. The maximum absolute atomic E-state index is 13.0. The average Bonchev–Trinajstić information content (AvgIpc) is 3.32. The van der Waals surface area contributed by atoms with Crippen LogP contribution in [-0.2, 0) is 4.79 Å². The van der Waals surface area contributed by atoms with Gasteiger partial charge in [0.05, 0.1) is 22.3 Å². The highest BCUT2D eigenvalue weighted by atomic mass is 32.1. The molecule has 1 aliphatic heterocycles. The molecule has 0 unspecified atom stereocenters. The van der Waals surface area contributed by atoms with Crippen LogP contribution in [0.3, 0.4) is 0 Å². The molecule has 9 heteroatoms. The van der Waals surface area contributed by atoms with Crippen LogP contribution < -0.4 is 22.1 Å². The van der Waals surface area contributed by atoms with E-state index in [1.54, 1.807) is 0 Å². The zero-order chi connectivity index (χ0) is 19.2. The molecular formula is C18H24N6O2S. The Kier molecular flexibility index (Phi) is 6.36. The van der Waals surface area contributed by atoms with Crippen molar-refractivity contribution in [2.45, 2.75) is 37.8 Å². The zero-order valence-corrected chi connectivity index (χ0v) is 15.8. The standard InChI is InChI=1S/C18H24N6O2S/c19-18(20)22-10-3-6-12(23-16(26)13-7-4-9-21-13)15(25)17-24-11-5-1-2-8-14(11)27-17/h1-2,5,8,12-13,21H,3-4,6-7,9-10H2,(H,23,26)(H4,19,20,22)/t12-,13-/m0/s1. The summed E-state index contributed by atoms with van der Waals surface area (Å²) in [6.45, 7) is 1.22. The summed E-state index contributed by atoms with van der Waals surface area (Å²) in [5, 5.41) is 6.45. The van der Waals surface area contributed by atoms with Crippen LogP contribution in [0.5, 0.6) is 0 Å². The second-order valence-corrected chi connectivity index (χ2v) is 7.54. The summed E-state index contributed by atoms with van der Waals surface area (Å²) in [6, 6.07) is 6.71. The van der Waals surface area contributed by atoms with Crippen molar-refractivity contribution < 1.29 is 9.59 Å². The highest BCUT2D eigenvalue weighted by Gasteiger charge is 2.29. The molecule has 144 valence electrons. The second-order valence-electron chi connectivity index (χ2n) is 6.51. The molecule has 27 heavy (non-hydrogen) atoms. The van der Waals surface area contributed by atoms with E-state index in [1.165, 1.54) is 11.3 Å². The van der Waals surface area contributed by atoms with E-state index in [-0.39, 0.29) is 23.7 Å². The molecule has 1 saturated heterocycles. The number of nitrogens with zero attached hydrogens (tertiary/aromatic N) is 2. The van der Waals surface area contributed by atoms with Gasteiger partial charge in [-0.15, -0.1) is 11.3 Å². The summed E-state index contributed by atoms with van der Waals surface area (Å²) in [4.78, 5) is 33.9. The van der Waals surface area contributed by atoms with Crippen molar-refractivity contribution in [1.82, 2.24) is 15.6 Å². The Labute approximate surface area is 161 Å². The minimum atomic E-state index is -0.644. The Morgan fingerprint density at radius 1 is 1.37 bits per heavy atom. The number of ketones is 1. The number of carbonyl (C=O) groups excluding carboxylic acids is 2. The molecule has 0 bridgehead atoms. The molecule has 1 aliphatic rings. The minimum Gasteiger partial charge on any atom is -0.370 e. The number of guanidine groups is 1. The third-order valence-electron chi connectivity index (χ3n) is 4.46. The van der Waals surface area contributed by atoms with E-state index in [1.807, 2.05) is 24.3 Å². The monoisotopic (exact) mass is 388 g/mol. The van der Waals surface area contributed by atoms with Crippen LogP contribution in [0.25, 0.3) is 10.2 Å². The lowest BCUT2D eigenvalue weighted by atomic mass is 10.1. The summed E-state index contributed by atoms with van der Waals surface area (Å²) in [7, 11) is 0. The lowest BCUT2D eigenvalue weighted by Crippen LogP contribution is -2.48. The normalized spacial score (nSPS) is 17.6. The van der Waals surface area contributed by atoms with E-state index in [9.17, 15) is 9.59 Å². The number of thiazole rings is 1. The third-order valence-corrected chi connectivity index (χ3v) is 5.51. The van der Waals surface area contributed by atoms with Crippen molar-refractivity contribution in [3.63, 3.8) is 0 Å². The number of aromatic nitrogens is 1. The van der Waals surface area contributed by atoms with Gasteiger partial charge < -0.3 is 22.1 Å². The summed E-state index contributed by atoms with van der Waals surface area (Å²) in [6.07, 6.45) is 2.77. The number of benzene rings is 1. The van der Waals surface area contributed by atoms with E-state index >= 15 is 0 Å². The number of fused-ring (bicyclic) bond motifs is 1. The molecule has 2 atom stereocenters. The van der Waals surface area contributed by atoms with Crippen molar-refractivity contribution in [2.75, 3.05) is 13.1 Å². The SMILES string of the molecule is NC(N)=NCCC[C@H](NC(=O)[C@@H]1CCCN1)C(=O)c1nc2ccccc2s1. The van der Waals surface area contributed by atoms with Crippen molar-refractivity contribution in [3.05, 3.63) is 29.3 Å². The van der Waals surface area contributed by atoms with Crippen LogP contribution >= 0.6 is 11.3 Å². The number of aliphatic imine (C=N–C) groups is 1. The highest BCUT2D eigenvalue weighted by molar-refractivity contribution is 7.20. The van der Waals surface area contributed by atoms with Gasteiger partial charge in [-0.25, -0.2) is 4.98 Å². The molecule has 0 aliphatic carbocycles. The lowest BCUT2D eigenvalue weighted by Gasteiger charge is -2.19. The number of amides is 1. The van der Waals surface area contributed by atoms with Crippen LogP contribution in [0.4, 0.5) is 0 Å². The quantitative estimate of drug-likeness (QED) is 0.228. The van der Waals surface area contributed by atoms with Crippen LogP contribution in [-0.4, -0.2) is 47.8 Å². The fourth-order valence-electron chi connectivity index (χ4n) is 3.08. The van der Waals surface area contributed by atoms with Crippen LogP contribution in [0.2, 0.25) is 0 Å². The molecule has 3 rings (SSSR count). The largest absolute Gasteiger partial charge is 0.370 e. The Balaban J connectivity index is 1.73. The Hall–Kier alpha value is -2.52. The van der Waals surface area contributed by atoms with E-state index in [0.29, 0.717) is 24.4 Å². The summed E-state index contributed by atoms with van der Waals surface area (Å²) < 4.78 is 0.948. The van der Waals surface area contributed by atoms with Gasteiger partial charge in [0, 0.05) is 6.54 Å². The van der Waals surface area contributed by atoms with Gasteiger partial charge in [-0.3, -0.25) is 14.6 Å². The Bertz CT molecular complexity index is 806. The molecule has 0 spiro atoms. The number of hydrogen-bond acceptors (Lipinski definition) is 6. The first-order chi connectivity index (χ1) is 13.0. The number of nitrogens with two attached hydrogens (primary N) is 2. The molecule has 2 heterocycles. The van der Waals surface area contributed by atoms with Crippen molar-refractivity contribution in [3.8, 4) is 0 Å². The molecule has 6 N–H and O–H groups in total. The van der Waals surface area contributed by atoms with Gasteiger partial charge >= 0.3 is 0 Å². The molecule has 1 aromatic heterocycles. The van der Waals surface area contributed by atoms with Gasteiger partial charge in [0.25, 0.3) is 0 Å². The predicted molar refractivity (Wildman–Crippen MR) is 107 cm³/mol. The average molecular weight is 388 g/mol. The minimum absolute atomic E-state index is 0.0169. The molecule has 0 radical (unpaired) electrons. The molecule has 0 saturated carbocycles. The first-order valence-corrected chi connectivity index (χ1v) is 9.85. The van der Waals surface area contributed by atoms with E-state index < -0.39 is 6.04 Å². The number of Topliss-reactive ketones (excluding diaryl/α,β-unsaturated/α-hetero) is 1. The Morgan fingerprint density at radius 2 is 2.19 bits per heavy atom. The van der Waals surface area contributed by atoms with Gasteiger partial charge in [0.2, 0.25) is 11.7 Å². The highest BCUT2D eigenvalue weighted by Crippen LogP contribution is 2.23. The van der Waals surface area contributed by atoms with Gasteiger partial charge in [-0.2, -0.15) is 0 Å².